The molecular weight excluding hydrogens is 308 g/mol. The molecule has 0 aliphatic carbocycles. The summed E-state index contributed by atoms with van der Waals surface area (Å²) in [5.74, 6) is 1.56. The van der Waals surface area contributed by atoms with Gasteiger partial charge in [0.05, 0.1) is 20.8 Å². The van der Waals surface area contributed by atoms with Gasteiger partial charge in [-0.3, -0.25) is 4.79 Å². The van der Waals surface area contributed by atoms with Gasteiger partial charge in [-0.1, -0.05) is 0 Å². The van der Waals surface area contributed by atoms with Gasteiger partial charge in [0.2, 0.25) is 5.88 Å². The van der Waals surface area contributed by atoms with E-state index in [1.807, 2.05) is 19.1 Å². The van der Waals surface area contributed by atoms with Gasteiger partial charge in [0.15, 0.2) is 0 Å². The Hall–Kier alpha value is -2.76. The number of nitrogens with zero attached hydrogens (tertiary/aromatic N) is 2. The first-order chi connectivity index (χ1) is 11.6. The highest BCUT2D eigenvalue weighted by Crippen LogP contribution is 2.26. The molecule has 2 aromatic rings. The number of carbonyl (C=O) groups excluding carboxylic acids is 1. The lowest BCUT2D eigenvalue weighted by atomic mass is 10.1. The third kappa shape index (κ3) is 3.95. The maximum absolute atomic E-state index is 12.7. The fourth-order valence-electron chi connectivity index (χ4n) is 2.32. The fraction of sp³-hybridized carbons (Fsp3) is 0.333. The zero-order chi connectivity index (χ0) is 17.5. The van der Waals surface area contributed by atoms with Crippen molar-refractivity contribution in [2.45, 2.75) is 13.5 Å². The van der Waals surface area contributed by atoms with E-state index < -0.39 is 0 Å². The molecule has 6 heteroatoms. The second-order valence-corrected chi connectivity index (χ2v) is 5.13. The molecule has 0 radical (unpaired) electrons. The number of methoxy groups -OCH3 is 2. The van der Waals surface area contributed by atoms with Crippen LogP contribution in [0.4, 0.5) is 0 Å². The molecule has 2 rings (SSSR count). The van der Waals surface area contributed by atoms with Crippen LogP contribution in [-0.2, 0) is 6.54 Å². The van der Waals surface area contributed by atoms with E-state index in [2.05, 4.69) is 4.98 Å². The second kappa shape index (κ2) is 8.19. The van der Waals surface area contributed by atoms with Gasteiger partial charge in [0.1, 0.15) is 17.1 Å². The Kier molecular flexibility index (Phi) is 6.01. The van der Waals surface area contributed by atoms with E-state index in [4.69, 9.17) is 14.2 Å². The van der Waals surface area contributed by atoms with Crippen LogP contribution < -0.4 is 14.2 Å². The molecule has 0 fully saturated rings. The number of hydrogen-bond donors (Lipinski definition) is 0. The molecule has 1 aromatic heterocycles. The van der Waals surface area contributed by atoms with Crippen molar-refractivity contribution >= 4 is 5.91 Å². The van der Waals surface area contributed by atoms with Crippen LogP contribution in [0, 0.1) is 0 Å². The predicted molar refractivity (Wildman–Crippen MR) is 90.7 cm³/mol. The predicted octanol–water partition coefficient (Wildman–Crippen LogP) is 2.77. The Morgan fingerprint density at radius 1 is 1.21 bits per heavy atom. The lowest BCUT2D eigenvalue weighted by Gasteiger charge is -2.20. The molecule has 24 heavy (non-hydrogen) atoms. The van der Waals surface area contributed by atoms with E-state index in [1.165, 1.54) is 0 Å². The monoisotopic (exact) mass is 330 g/mol. The van der Waals surface area contributed by atoms with Crippen LogP contribution in [0.15, 0.2) is 36.5 Å². The first-order valence-electron chi connectivity index (χ1n) is 7.64. The molecule has 0 unspecified atom stereocenters. The van der Waals surface area contributed by atoms with Crippen molar-refractivity contribution in [3.63, 3.8) is 0 Å². The Labute approximate surface area is 142 Å². The molecule has 128 valence electrons. The number of rotatable bonds is 7. The summed E-state index contributed by atoms with van der Waals surface area (Å²) in [6.07, 6.45) is 1.61. The van der Waals surface area contributed by atoms with Gasteiger partial charge in [0, 0.05) is 31.4 Å². The number of hydrogen-bond acceptors (Lipinski definition) is 5. The summed E-state index contributed by atoms with van der Waals surface area (Å²) in [4.78, 5) is 18.4. The van der Waals surface area contributed by atoms with Crippen LogP contribution in [0.2, 0.25) is 0 Å². The molecule has 1 amide bonds. The van der Waals surface area contributed by atoms with Crippen LogP contribution in [0.25, 0.3) is 0 Å². The van der Waals surface area contributed by atoms with Gasteiger partial charge in [-0.2, -0.15) is 0 Å². The van der Waals surface area contributed by atoms with E-state index in [9.17, 15) is 4.79 Å². The lowest BCUT2D eigenvalue weighted by Crippen LogP contribution is -2.27. The van der Waals surface area contributed by atoms with Crippen LogP contribution >= 0.6 is 0 Å². The van der Waals surface area contributed by atoms with E-state index >= 15 is 0 Å². The van der Waals surface area contributed by atoms with Gasteiger partial charge in [0.25, 0.3) is 5.91 Å². The number of benzene rings is 1. The normalized spacial score (nSPS) is 10.2. The van der Waals surface area contributed by atoms with E-state index in [0.29, 0.717) is 36.1 Å². The smallest absolute Gasteiger partial charge is 0.259 e. The maximum atomic E-state index is 12.7. The zero-order valence-electron chi connectivity index (χ0n) is 14.4. The highest BCUT2D eigenvalue weighted by molar-refractivity contribution is 5.96. The summed E-state index contributed by atoms with van der Waals surface area (Å²) in [7, 11) is 4.92. The molecule has 0 saturated heterocycles. The summed E-state index contributed by atoms with van der Waals surface area (Å²) >= 11 is 0. The molecule has 0 atom stereocenters. The molecule has 6 nitrogen and oxygen atoms in total. The van der Waals surface area contributed by atoms with Crippen molar-refractivity contribution in [1.29, 1.82) is 0 Å². The average Bonchev–Trinajstić information content (AvgIpc) is 2.62. The van der Waals surface area contributed by atoms with Gasteiger partial charge in [-0.25, -0.2) is 4.98 Å². The largest absolute Gasteiger partial charge is 0.497 e. The summed E-state index contributed by atoms with van der Waals surface area (Å²) in [6.45, 7) is 2.70. The standard InChI is InChI=1S/C18H22N2O4/c1-5-24-17-15(7-6-10-19-17)18(21)20(2)12-13-8-9-14(22-3)11-16(13)23-4/h6-11H,5,12H2,1-4H3. The van der Waals surface area contributed by atoms with Crippen LogP contribution in [-0.4, -0.2) is 43.7 Å². The molecular formula is C18H22N2O4. The molecule has 0 bridgehead atoms. The van der Waals surface area contributed by atoms with Crippen molar-refractivity contribution in [2.24, 2.45) is 0 Å². The van der Waals surface area contributed by atoms with Crippen molar-refractivity contribution in [3.05, 3.63) is 47.7 Å². The Morgan fingerprint density at radius 2 is 2.00 bits per heavy atom. The van der Waals surface area contributed by atoms with Crippen LogP contribution in [0.3, 0.4) is 0 Å². The molecule has 0 aliphatic heterocycles. The Morgan fingerprint density at radius 3 is 2.67 bits per heavy atom. The first-order valence-corrected chi connectivity index (χ1v) is 7.64. The van der Waals surface area contributed by atoms with Gasteiger partial charge in [-0.15, -0.1) is 0 Å². The maximum Gasteiger partial charge on any atom is 0.259 e. The SMILES string of the molecule is CCOc1ncccc1C(=O)N(C)Cc1ccc(OC)cc1OC. The number of aromatic nitrogens is 1. The number of carbonyl (C=O) groups is 1. The number of ether oxygens (including phenoxy) is 3. The average molecular weight is 330 g/mol. The van der Waals surface area contributed by atoms with Crippen LogP contribution in [0.5, 0.6) is 17.4 Å². The third-order valence-corrected chi connectivity index (χ3v) is 3.53. The van der Waals surface area contributed by atoms with Crippen molar-refractivity contribution in [1.82, 2.24) is 9.88 Å². The molecule has 1 heterocycles. The lowest BCUT2D eigenvalue weighted by molar-refractivity contribution is 0.0779. The summed E-state index contributed by atoms with van der Waals surface area (Å²) in [5, 5.41) is 0. The fourth-order valence-corrected chi connectivity index (χ4v) is 2.32. The molecule has 0 saturated carbocycles. The quantitative estimate of drug-likeness (QED) is 0.781. The minimum Gasteiger partial charge on any atom is -0.497 e. The zero-order valence-corrected chi connectivity index (χ0v) is 14.4. The summed E-state index contributed by atoms with van der Waals surface area (Å²) in [5.41, 5.74) is 1.32. The highest BCUT2D eigenvalue weighted by Gasteiger charge is 2.19. The van der Waals surface area contributed by atoms with Crippen molar-refractivity contribution in [3.8, 4) is 17.4 Å². The summed E-state index contributed by atoms with van der Waals surface area (Å²) < 4.78 is 16.0. The van der Waals surface area contributed by atoms with Gasteiger partial charge >= 0.3 is 0 Å². The van der Waals surface area contributed by atoms with Crippen molar-refractivity contribution < 1.29 is 19.0 Å². The molecule has 0 N–H and O–H groups in total. The Bertz CT molecular complexity index is 703. The van der Waals surface area contributed by atoms with E-state index in [0.717, 1.165) is 5.56 Å². The van der Waals surface area contributed by atoms with E-state index in [1.54, 1.807) is 50.6 Å². The topological polar surface area (TPSA) is 60.9 Å². The minimum absolute atomic E-state index is 0.163. The Balaban J connectivity index is 2.21. The molecule has 1 aromatic carbocycles. The molecule has 0 aliphatic rings. The van der Waals surface area contributed by atoms with Crippen LogP contribution in [0.1, 0.15) is 22.8 Å². The highest BCUT2D eigenvalue weighted by atomic mass is 16.5. The number of pyridine rings is 1. The van der Waals surface area contributed by atoms with E-state index in [-0.39, 0.29) is 5.91 Å². The minimum atomic E-state index is -0.163. The molecule has 0 spiro atoms. The second-order valence-electron chi connectivity index (χ2n) is 5.13. The summed E-state index contributed by atoms with van der Waals surface area (Å²) in [6, 6.07) is 8.95. The van der Waals surface area contributed by atoms with Crippen molar-refractivity contribution in [2.75, 3.05) is 27.9 Å². The third-order valence-electron chi connectivity index (χ3n) is 3.53. The van der Waals surface area contributed by atoms with Gasteiger partial charge < -0.3 is 19.1 Å². The number of amides is 1. The first kappa shape index (κ1) is 17.6. The van der Waals surface area contributed by atoms with Gasteiger partial charge in [-0.05, 0) is 31.2 Å².